The summed E-state index contributed by atoms with van der Waals surface area (Å²) in [6.07, 6.45) is 7.20. The molecule has 2 aliphatic rings. The highest BCUT2D eigenvalue weighted by Gasteiger charge is 2.34. The van der Waals surface area contributed by atoms with Gasteiger partial charge in [-0.1, -0.05) is 24.3 Å². The number of nitrogens with two attached hydrogens (primary N) is 1. The van der Waals surface area contributed by atoms with Gasteiger partial charge in [0.15, 0.2) is 0 Å². The maximum absolute atomic E-state index is 12.6. The van der Waals surface area contributed by atoms with Crippen LogP contribution in [0.25, 0.3) is 0 Å². The van der Waals surface area contributed by atoms with Crippen molar-refractivity contribution < 1.29 is 9.53 Å². The minimum Gasteiger partial charge on any atom is -0.497 e. The topological polar surface area (TPSA) is 55.6 Å². The van der Waals surface area contributed by atoms with Crippen molar-refractivity contribution in [2.45, 2.75) is 31.3 Å². The molecule has 1 saturated carbocycles. The Labute approximate surface area is 125 Å². The van der Waals surface area contributed by atoms with Crippen molar-refractivity contribution in [1.29, 1.82) is 0 Å². The zero-order valence-corrected chi connectivity index (χ0v) is 12.4. The second-order valence-electron chi connectivity index (χ2n) is 5.92. The molecule has 1 aromatic carbocycles. The smallest absolute Gasteiger partial charge is 0.240 e. The van der Waals surface area contributed by atoms with E-state index in [2.05, 4.69) is 6.08 Å². The average molecular weight is 286 g/mol. The number of benzene rings is 1. The van der Waals surface area contributed by atoms with Crippen LogP contribution in [0.2, 0.25) is 0 Å². The molecule has 0 bridgehead atoms. The summed E-state index contributed by atoms with van der Waals surface area (Å²) >= 11 is 0. The molecule has 0 radical (unpaired) electrons. The van der Waals surface area contributed by atoms with Crippen molar-refractivity contribution in [2.75, 3.05) is 13.7 Å². The fourth-order valence-corrected chi connectivity index (χ4v) is 2.78. The molecule has 1 aliphatic heterocycles. The second kappa shape index (κ2) is 5.90. The molecule has 1 fully saturated rings. The molecule has 1 aromatic rings. The molecule has 1 aliphatic carbocycles. The van der Waals surface area contributed by atoms with E-state index in [1.807, 2.05) is 35.2 Å². The van der Waals surface area contributed by atoms with E-state index in [9.17, 15) is 4.79 Å². The first-order valence-corrected chi connectivity index (χ1v) is 7.55. The molecule has 0 saturated heterocycles. The Balaban J connectivity index is 1.88. The third-order valence-corrected chi connectivity index (χ3v) is 4.25. The molecule has 0 aromatic heterocycles. The fourth-order valence-electron chi connectivity index (χ4n) is 2.78. The van der Waals surface area contributed by atoms with Crippen LogP contribution >= 0.6 is 0 Å². The van der Waals surface area contributed by atoms with Crippen LogP contribution in [0.5, 0.6) is 5.75 Å². The van der Waals surface area contributed by atoms with E-state index in [-0.39, 0.29) is 11.9 Å². The Hall–Kier alpha value is -1.81. The monoisotopic (exact) mass is 286 g/mol. The molecular weight excluding hydrogens is 264 g/mol. The first kappa shape index (κ1) is 14.1. The van der Waals surface area contributed by atoms with Crippen molar-refractivity contribution in [3.63, 3.8) is 0 Å². The number of amides is 1. The summed E-state index contributed by atoms with van der Waals surface area (Å²) < 4.78 is 5.20. The maximum Gasteiger partial charge on any atom is 0.240 e. The van der Waals surface area contributed by atoms with Gasteiger partial charge in [0.25, 0.3) is 0 Å². The van der Waals surface area contributed by atoms with E-state index in [4.69, 9.17) is 10.5 Å². The van der Waals surface area contributed by atoms with Crippen molar-refractivity contribution >= 4 is 5.91 Å². The third-order valence-electron chi connectivity index (χ3n) is 4.25. The fraction of sp³-hybridized carbons (Fsp3) is 0.471. The molecule has 4 nitrogen and oxygen atoms in total. The Morgan fingerprint density at radius 1 is 1.29 bits per heavy atom. The molecule has 3 rings (SSSR count). The molecule has 1 amide bonds. The first-order chi connectivity index (χ1) is 10.2. The van der Waals surface area contributed by atoms with Crippen LogP contribution in [0.4, 0.5) is 0 Å². The van der Waals surface area contributed by atoms with Gasteiger partial charge in [0.05, 0.1) is 19.2 Å². The van der Waals surface area contributed by atoms with Gasteiger partial charge in [0.1, 0.15) is 5.75 Å². The molecule has 1 heterocycles. The highest BCUT2D eigenvalue weighted by Crippen LogP contribution is 2.35. The number of hydrogen-bond donors (Lipinski definition) is 1. The van der Waals surface area contributed by atoms with Crippen LogP contribution in [0, 0.1) is 5.92 Å². The first-order valence-electron chi connectivity index (χ1n) is 7.55. The van der Waals surface area contributed by atoms with Gasteiger partial charge in [-0.25, -0.2) is 0 Å². The normalized spacial score (nSPS) is 25.8. The summed E-state index contributed by atoms with van der Waals surface area (Å²) in [7, 11) is 1.66. The molecular formula is C17H22N2O2. The van der Waals surface area contributed by atoms with Crippen LogP contribution in [-0.4, -0.2) is 30.5 Å². The lowest BCUT2D eigenvalue weighted by atomic mass is 10.0. The molecule has 112 valence electrons. The predicted molar refractivity (Wildman–Crippen MR) is 81.9 cm³/mol. The number of carbonyl (C=O) groups excluding carboxylic acids is 1. The largest absolute Gasteiger partial charge is 0.497 e. The third kappa shape index (κ3) is 3.10. The maximum atomic E-state index is 12.6. The average Bonchev–Trinajstić information content (AvgIpc) is 3.33. The molecule has 0 unspecified atom stereocenters. The van der Waals surface area contributed by atoms with Gasteiger partial charge in [-0.15, -0.1) is 0 Å². The number of nitrogens with zero attached hydrogens (tertiary/aromatic N) is 1. The van der Waals surface area contributed by atoms with E-state index < -0.39 is 6.04 Å². The van der Waals surface area contributed by atoms with E-state index in [0.29, 0.717) is 12.3 Å². The Kier molecular flexibility index (Phi) is 3.97. The van der Waals surface area contributed by atoms with Gasteiger partial charge >= 0.3 is 0 Å². The quantitative estimate of drug-likeness (QED) is 0.864. The SMILES string of the molecule is COc1ccc([C@@H]2C=CC[C@@H](N)C(=O)N2CC2CC2)cc1. The van der Waals surface area contributed by atoms with Crippen molar-refractivity contribution in [3.8, 4) is 5.75 Å². The van der Waals surface area contributed by atoms with E-state index in [1.165, 1.54) is 12.8 Å². The highest BCUT2D eigenvalue weighted by molar-refractivity contribution is 5.83. The highest BCUT2D eigenvalue weighted by atomic mass is 16.5. The lowest BCUT2D eigenvalue weighted by molar-refractivity contribution is -0.134. The second-order valence-corrected chi connectivity index (χ2v) is 5.92. The summed E-state index contributed by atoms with van der Waals surface area (Å²) in [5, 5.41) is 0. The minimum atomic E-state index is -0.414. The zero-order chi connectivity index (χ0) is 14.8. The van der Waals surface area contributed by atoms with Gasteiger partial charge in [-0.05, 0) is 42.9 Å². The van der Waals surface area contributed by atoms with Crippen LogP contribution in [0.3, 0.4) is 0 Å². The summed E-state index contributed by atoms with van der Waals surface area (Å²) in [6.45, 7) is 0.813. The summed E-state index contributed by atoms with van der Waals surface area (Å²) in [5.41, 5.74) is 7.09. The van der Waals surface area contributed by atoms with Crippen molar-refractivity contribution in [3.05, 3.63) is 42.0 Å². The van der Waals surface area contributed by atoms with Gasteiger partial charge < -0.3 is 15.4 Å². The van der Waals surface area contributed by atoms with E-state index >= 15 is 0 Å². The molecule has 0 spiro atoms. The minimum absolute atomic E-state index is 0.0162. The molecule has 21 heavy (non-hydrogen) atoms. The Morgan fingerprint density at radius 3 is 2.62 bits per heavy atom. The number of hydrogen-bond acceptors (Lipinski definition) is 3. The number of ether oxygens (including phenoxy) is 1. The lowest BCUT2D eigenvalue weighted by Gasteiger charge is -2.30. The van der Waals surface area contributed by atoms with Gasteiger partial charge in [0, 0.05) is 6.54 Å². The Bertz CT molecular complexity index is 534. The van der Waals surface area contributed by atoms with Crippen LogP contribution in [0.15, 0.2) is 36.4 Å². The lowest BCUT2D eigenvalue weighted by Crippen LogP contribution is -2.44. The number of carbonyl (C=O) groups is 1. The summed E-state index contributed by atoms with van der Waals surface area (Å²) in [5.74, 6) is 1.54. The predicted octanol–water partition coefficient (Wildman–Crippen LogP) is 2.26. The summed E-state index contributed by atoms with van der Waals surface area (Å²) in [6, 6.07) is 7.50. The van der Waals surface area contributed by atoms with Gasteiger partial charge in [-0.3, -0.25) is 4.79 Å². The van der Waals surface area contributed by atoms with Crippen LogP contribution in [0.1, 0.15) is 30.9 Å². The van der Waals surface area contributed by atoms with Crippen molar-refractivity contribution in [1.82, 2.24) is 4.90 Å². The van der Waals surface area contributed by atoms with Gasteiger partial charge in [0.2, 0.25) is 5.91 Å². The molecule has 2 atom stereocenters. The van der Waals surface area contributed by atoms with E-state index in [1.54, 1.807) is 7.11 Å². The number of rotatable bonds is 4. The van der Waals surface area contributed by atoms with Crippen LogP contribution in [-0.2, 0) is 4.79 Å². The standard InChI is InChI=1S/C17H22N2O2/c1-21-14-9-7-13(8-10-14)16-4-2-3-15(18)17(20)19(16)11-12-5-6-12/h2,4,7-10,12,15-16H,3,5-6,11,18H2,1H3/t15-,16+/m1/s1. The Morgan fingerprint density at radius 2 is 2.00 bits per heavy atom. The van der Waals surface area contributed by atoms with Crippen molar-refractivity contribution in [2.24, 2.45) is 11.7 Å². The van der Waals surface area contributed by atoms with Crippen LogP contribution < -0.4 is 10.5 Å². The molecule has 4 heteroatoms. The zero-order valence-electron chi connectivity index (χ0n) is 12.4. The van der Waals surface area contributed by atoms with E-state index in [0.717, 1.165) is 17.9 Å². The van der Waals surface area contributed by atoms with Gasteiger partial charge in [-0.2, -0.15) is 0 Å². The number of methoxy groups -OCH3 is 1. The molecule has 2 N–H and O–H groups in total. The summed E-state index contributed by atoms with van der Waals surface area (Å²) in [4.78, 5) is 14.5.